The second-order valence-electron chi connectivity index (χ2n) is 12.1. The fourth-order valence-electron chi connectivity index (χ4n) is 4.89. The number of aryl methyl sites for hydroxylation is 1. The van der Waals surface area contributed by atoms with Crippen LogP contribution in [0.15, 0.2) is 120 Å². The predicted molar refractivity (Wildman–Crippen MR) is 190 cm³/mol. The van der Waals surface area contributed by atoms with E-state index >= 15 is 0 Å². The van der Waals surface area contributed by atoms with Crippen LogP contribution in [0.2, 0.25) is 0 Å². The van der Waals surface area contributed by atoms with Gasteiger partial charge in [-0.25, -0.2) is 18.0 Å². The highest BCUT2D eigenvalue weighted by molar-refractivity contribution is 7.92. The molecule has 15 heteroatoms. The normalized spacial score (nSPS) is 12.4. The van der Waals surface area contributed by atoms with Gasteiger partial charge in [0.05, 0.1) is 11.0 Å². The summed E-state index contributed by atoms with van der Waals surface area (Å²) in [5.41, 5.74) is 3.20. The third-order valence-corrected chi connectivity index (χ3v) is 9.03. The van der Waals surface area contributed by atoms with Crippen molar-refractivity contribution in [2.45, 2.75) is 49.5 Å². The Kier molecular flexibility index (Phi) is 12.5. The molecule has 4 aromatic carbocycles. The fourth-order valence-corrected chi connectivity index (χ4v) is 5.96. The van der Waals surface area contributed by atoms with Crippen LogP contribution in [0.1, 0.15) is 31.9 Å². The average molecular weight is 726 g/mol. The van der Waals surface area contributed by atoms with Crippen LogP contribution in [0.5, 0.6) is 0 Å². The van der Waals surface area contributed by atoms with Crippen molar-refractivity contribution in [3.63, 3.8) is 0 Å². The van der Waals surface area contributed by atoms with Gasteiger partial charge in [0.2, 0.25) is 0 Å². The number of para-hydroxylation sites is 1. The number of hydrogen-bond acceptors (Lipinski definition) is 6. The first-order valence-corrected chi connectivity index (χ1v) is 17.1. The van der Waals surface area contributed by atoms with Crippen LogP contribution < -0.4 is 20.7 Å². The maximum atomic E-state index is 12.7. The van der Waals surface area contributed by atoms with Gasteiger partial charge in [-0.3, -0.25) is 4.72 Å². The van der Waals surface area contributed by atoms with Gasteiger partial charge in [0, 0.05) is 52.8 Å². The van der Waals surface area contributed by atoms with Crippen molar-refractivity contribution in [3.8, 4) is 0 Å². The topological polar surface area (TPSA) is 162 Å². The number of benzene rings is 4. The molecular weight excluding hydrogens is 687 g/mol. The molecule has 0 aliphatic rings. The second-order valence-corrected chi connectivity index (χ2v) is 13.8. The zero-order valence-corrected chi connectivity index (χ0v) is 28.5. The van der Waals surface area contributed by atoms with Crippen LogP contribution in [0.4, 0.5) is 35.0 Å². The number of anilines is 3. The first kappa shape index (κ1) is 38.4. The van der Waals surface area contributed by atoms with E-state index in [4.69, 9.17) is 9.90 Å². The van der Waals surface area contributed by atoms with E-state index in [1.807, 2.05) is 60.8 Å². The van der Waals surface area contributed by atoms with Gasteiger partial charge in [0.25, 0.3) is 10.0 Å². The number of aliphatic carboxylic acids is 1. The summed E-state index contributed by atoms with van der Waals surface area (Å²) in [7, 11) is -3.73. The first-order chi connectivity index (χ1) is 24.0. The van der Waals surface area contributed by atoms with E-state index in [9.17, 15) is 31.5 Å². The molecule has 0 saturated heterocycles. The standard InChI is InChI=1S/C34H37N5O4S.C2HF3O2/c1-34(2,35-24-32(40)26-10-9-13-29(23-26)38-44(42,43)30-14-7-4-8-15-30)19-21-39-20-18-25-22-28(16-17-31(25)39)37-33(41)36-27-11-5-3-6-12-27;3-2(4,5)1(6)7/h3-18,20,22-23,32,35,38,40H,19,21,24H2,1-2H3,(H2,36,37,41);(H,6,7)/t32-;/m0./s1. The largest absolute Gasteiger partial charge is 0.490 e. The summed E-state index contributed by atoms with van der Waals surface area (Å²) in [6.07, 6.45) is -3.08. The maximum Gasteiger partial charge on any atom is 0.490 e. The lowest BCUT2D eigenvalue weighted by molar-refractivity contribution is -0.192. The molecule has 270 valence electrons. The minimum atomic E-state index is -5.08. The number of fused-ring (bicyclic) bond motifs is 1. The Balaban J connectivity index is 0.000000755. The smallest absolute Gasteiger partial charge is 0.475 e. The molecule has 0 aliphatic carbocycles. The maximum absolute atomic E-state index is 12.7. The van der Waals surface area contributed by atoms with Crippen LogP contribution in [-0.2, 0) is 21.4 Å². The number of urea groups is 1. The van der Waals surface area contributed by atoms with E-state index in [2.05, 4.69) is 39.1 Å². The number of nitrogens with one attached hydrogen (secondary N) is 4. The third-order valence-electron chi connectivity index (χ3n) is 7.63. The van der Waals surface area contributed by atoms with Gasteiger partial charge in [0.1, 0.15) is 0 Å². The molecule has 11 nitrogen and oxygen atoms in total. The molecule has 0 spiro atoms. The predicted octanol–water partition coefficient (Wildman–Crippen LogP) is 7.21. The molecule has 1 atom stereocenters. The van der Waals surface area contributed by atoms with E-state index in [1.165, 1.54) is 12.1 Å². The summed E-state index contributed by atoms with van der Waals surface area (Å²) >= 11 is 0. The molecule has 0 aliphatic heterocycles. The Labute approximate surface area is 293 Å². The molecule has 5 rings (SSSR count). The summed E-state index contributed by atoms with van der Waals surface area (Å²) in [5, 5.41) is 28.2. The molecular formula is C36H38F3N5O6S. The van der Waals surface area contributed by atoms with Crippen molar-refractivity contribution in [1.82, 2.24) is 9.88 Å². The average Bonchev–Trinajstić information content (AvgIpc) is 3.49. The lowest BCUT2D eigenvalue weighted by Crippen LogP contribution is -2.42. The van der Waals surface area contributed by atoms with Crippen LogP contribution in [0.25, 0.3) is 10.9 Å². The van der Waals surface area contributed by atoms with Gasteiger partial charge in [-0.1, -0.05) is 48.5 Å². The van der Waals surface area contributed by atoms with Gasteiger partial charge in [-0.15, -0.1) is 0 Å². The van der Waals surface area contributed by atoms with E-state index in [0.717, 1.165) is 29.6 Å². The first-order valence-electron chi connectivity index (χ1n) is 15.7. The molecule has 0 unspecified atom stereocenters. The second kappa shape index (κ2) is 16.6. The van der Waals surface area contributed by atoms with Crippen LogP contribution in [-0.4, -0.2) is 53.5 Å². The zero-order valence-electron chi connectivity index (χ0n) is 27.7. The van der Waals surface area contributed by atoms with Crippen molar-refractivity contribution in [1.29, 1.82) is 0 Å². The minimum absolute atomic E-state index is 0.174. The number of aliphatic hydroxyl groups is 1. The number of alkyl halides is 3. The Morgan fingerprint density at radius 2 is 1.41 bits per heavy atom. The number of amides is 2. The SMILES string of the molecule is CC(C)(CCn1ccc2cc(NC(=O)Nc3ccccc3)ccc21)NC[C@H](O)c1cccc(NS(=O)(=O)c2ccccc2)c1.O=C(O)C(F)(F)F. The van der Waals surface area contributed by atoms with Gasteiger partial charge in [0.15, 0.2) is 0 Å². The molecule has 2 amide bonds. The highest BCUT2D eigenvalue weighted by Gasteiger charge is 2.38. The van der Waals surface area contributed by atoms with E-state index in [1.54, 1.807) is 42.5 Å². The molecule has 0 radical (unpaired) electrons. The van der Waals surface area contributed by atoms with Crippen molar-refractivity contribution < 1.29 is 41.4 Å². The number of nitrogens with zero attached hydrogens (tertiary/aromatic N) is 1. The van der Waals surface area contributed by atoms with Gasteiger partial charge in [-0.05, 0) is 86.5 Å². The quantitative estimate of drug-likeness (QED) is 0.0792. The van der Waals surface area contributed by atoms with Crippen LogP contribution in [0.3, 0.4) is 0 Å². The minimum Gasteiger partial charge on any atom is -0.475 e. The van der Waals surface area contributed by atoms with Gasteiger partial charge in [-0.2, -0.15) is 13.2 Å². The molecule has 0 bridgehead atoms. The number of carboxylic acids is 1. The van der Waals surface area contributed by atoms with Crippen molar-refractivity contribution >= 4 is 50.0 Å². The summed E-state index contributed by atoms with van der Waals surface area (Å²) in [4.78, 5) is 21.5. The number of sulfonamides is 1. The van der Waals surface area contributed by atoms with E-state index in [0.29, 0.717) is 23.5 Å². The number of carbonyl (C=O) groups is 2. The number of β-amino-alcohol motifs (C(OH)–C–C–N with tert-alkyl or cyclic N) is 1. The third kappa shape index (κ3) is 11.6. The lowest BCUT2D eigenvalue weighted by Gasteiger charge is -2.28. The fraction of sp³-hybridized carbons (Fsp3) is 0.222. The van der Waals surface area contributed by atoms with Crippen molar-refractivity contribution in [2.75, 3.05) is 21.9 Å². The van der Waals surface area contributed by atoms with Crippen molar-refractivity contribution in [2.24, 2.45) is 0 Å². The van der Waals surface area contributed by atoms with E-state index in [-0.39, 0.29) is 16.5 Å². The number of carboxylic acid groups (broad SMARTS) is 1. The Hall–Kier alpha value is -5.38. The molecule has 1 aromatic heterocycles. The highest BCUT2D eigenvalue weighted by atomic mass is 32.2. The van der Waals surface area contributed by atoms with Gasteiger partial charge >= 0.3 is 18.2 Å². The number of rotatable bonds is 12. The molecule has 1 heterocycles. The Morgan fingerprint density at radius 1 is 0.804 bits per heavy atom. The number of carbonyl (C=O) groups excluding carboxylic acids is 1. The molecule has 51 heavy (non-hydrogen) atoms. The molecule has 0 fully saturated rings. The number of hydrogen-bond donors (Lipinski definition) is 6. The summed E-state index contributed by atoms with van der Waals surface area (Å²) in [6.45, 7) is 5.22. The summed E-state index contributed by atoms with van der Waals surface area (Å²) in [6, 6.07) is 31.8. The molecule has 5 aromatic rings. The van der Waals surface area contributed by atoms with E-state index < -0.39 is 28.3 Å². The number of halogens is 3. The van der Waals surface area contributed by atoms with Crippen LogP contribution >= 0.6 is 0 Å². The molecule has 6 N–H and O–H groups in total. The lowest BCUT2D eigenvalue weighted by atomic mass is 9.99. The number of aromatic nitrogens is 1. The summed E-state index contributed by atoms with van der Waals surface area (Å²) < 4.78 is 61.9. The summed E-state index contributed by atoms with van der Waals surface area (Å²) in [5.74, 6) is -2.76. The van der Waals surface area contributed by atoms with Gasteiger partial charge < -0.3 is 30.7 Å². The Bertz CT molecular complexity index is 2040. The highest BCUT2D eigenvalue weighted by Crippen LogP contribution is 2.24. The van der Waals surface area contributed by atoms with Crippen molar-refractivity contribution in [3.05, 3.63) is 121 Å². The number of aliphatic hydroxyl groups excluding tert-OH is 1. The Morgan fingerprint density at radius 3 is 2.06 bits per heavy atom. The monoisotopic (exact) mass is 725 g/mol. The van der Waals surface area contributed by atoms with Crippen LogP contribution in [0, 0.1) is 0 Å². The molecule has 0 saturated carbocycles. The zero-order chi connectivity index (χ0) is 37.2.